The molecule has 178 valence electrons. The third-order valence-electron chi connectivity index (χ3n) is 6.60. The number of hydrogen-bond acceptors (Lipinski definition) is 5. The van der Waals surface area contributed by atoms with Crippen LogP contribution in [0.15, 0.2) is 64.8 Å². The van der Waals surface area contributed by atoms with Crippen molar-refractivity contribution in [2.75, 3.05) is 19.0 Å². The largest absolute Gasteiger partial charge is 0.462 e. The number of nitrogens with zero attached hydrogens (tertiary/aromatic N) is 2. The average molecular weight is 479 g/mol. The summed E-state index contributed by atoms with van der Waals surface area (Å²) in [5.74, 6) is -1.29. The molecule has 0 bridgehead atoms. The van der Waals surface area contributed by atoms with Crippen LogP contribution in [0.3, 0.4) is 0 Å². The molecule has 1 aliphatic carbocycles. The molecular weight excluding hydrogens is 448 g/mol. The van der Waals surface area contributed by atoms with E-state index in [1.807, 2.05) is 88.3 Å². The Morgan fingerprint density at radius 1 is 1.03 bits per heavy atom. The molecule has 3 atom stereocenters. The van der Waals surface area contributed by atoms with E-state index in [0.29, 0.717) is 29.1 Å². The highest BCUT2D eigenvalue weighted by Crippen LogP contribution is 2.47. The van der Waals surface area contributed by atoms with Gasteiger partial charge in [0.05, 0.1) is 6.10 Å². The number of benzene rings is 2. The minimum Gasteiger partial charge on any atom is -0.462 e. The first-order chi connectivity index (χ1) is 16.2. The van der Waals surface area contributed by atoms with Crippen LogP contribution in [0.25, 0.3) is 0 Å². The monoisotopic (exact) mass is 478 g/mol. The zero-order valence-electron chi connectivity index (χ0n) is 20.3. The van der Waals surface area contributed by atoms with Gasteiger partial charge in [-0.05, 0) is 68.5 Å². The SMILES string of the molecule is CC1=NC2=C(C(=O)C[C@@H](c3ccc(Cl)cc3)C2)[C@H](c2ccc(N(C)C)cc2)C1C(=O)OC(C)C. The molecule has 34 heavy (non-hydrogen) atoms. The molecule has 1 aliphatic heterocycles. The van der Waals surface area contributed by atoms with Gasteiger partial charge in [-0.1, -0.05) is 35.9 Å². The van der Waals surface area contributed by atoms with E-state index in [9.17, 15) is 9.59 Å². The number of halogens is 1. The molecule has 0 aromatic heterocycles. The maximum absolute atomic E-state index is 13.6. The summed E-state index contributed by atoms with van der Waals surface area (Å²) in [5.41, 5.74) is 5.18. The van der Waals surface area contributed by atoms with Crippen LogP contribution < -0.4 is 4.90 Å². The number of hydrogen-bond donors (Lipinski definition) is 0. The Bertz CT molecular complexity index is 1150. The van der Waals surface area contributed by atoms with E-state index in [1.54, 1.807) is 0 Å². The lowest BCUT2D eigenvalue weighted by molar-refractivity contribution is -0.150. The predicted octanol–water partition coefficient (Wildman–Crippen LogP) is 5.93. The van der Waals surface area contributed by atoms with Gasteiger partial charge in [-0.2, -0.15) is 0 Å². The number of carbonyl (C=O) groups is 2. The number of carbonyl (C=O) groups excluding carboxylic acids is 2. The minimum absolute atomic E-state index is 0.0380. The molecule has 6 heteroatoms. The second kappa shape index (κ2) is 9.75. The van der Waals surface area contributed by atoms with Gasteiger partial charge in [-0.25, -0.2) is 0 Å². The van der Waals surface area contributed by atoms with Crippen molar-refractivity contribution in [3.8, 4) is 0 Å². The Hall–Kier alpha value is -2.92. The average Bonchev–Trinajstić information content (AvgIpc) is 2.78. The van der Waals surface area contributed by atoms with Crippen LogP contribution in [0.1, 0.15) is 56.6 Å². The Morgan fingerprint density at radius 2 is 1.65 bits per heavy atom. The molecule has 0 fully saturated rings. The van der Waals surface area contributed by atoms with Gasteiger partial charge in [0.25, 0.3) is 0 Å². The van der Waals surface area contributed by atoms with Crippen LogP contribution in [0.5, 0.6) is 0 Å². The summed E-state index contributed by atoms with van der Waals surface area (Å²) in [6, 6.07) is 15.7. The summed E-state index contributed by atoms with van der Waals surface area (Å²) in [4.78, 5) is 33.7. The highest BCUT2D eigenvalue weighted by atomic mass is 35.5. The molecule has 0 saturated carbocycles. The van der Waals surface area contributed by atoms with Gasteiger partial charge in [0.2, 0.25) is 0 Å². The molecule has 0 amide bonds. The molecular formula is C28H31ClN2O3. The van der Waals surface area contributed by atoms with Crippen LogP contribution in [0, 0.1) is 5.92 Å². The van der Waals surface area contributed by atoms with Gasteiger partial charge in [0.15, 0.2) is 5.78 Å². The van der Waals surface area contributed by atoms with Crippen molar-refractivity contribution in [1.29, 1.82) is 0 Å². The maximum atomic E-state index is 13.6. The molecule has 1 heterocycles. The maximum Gasteiger partial charge on any atom is 0.315 e. The number of rotatable bonds is 5. The fraction of sp³-hybridized carbons (Fsp3) is 0.393. The van der Waals surface area contributed by atoms with Crippen molar-refractivity contribution in [3.63, 3.8) is 0 Å². The summed E-state index contributed by atoms with van der Waals surface area (Å²) in [5, 5.41) is 0.671. The molecule has 1 unspecified atom stereocenters. The summed E-state index contributed by atoms with van der Waals surface area (Å²) in [7, 11) is 3.97. The van der Waals surface area contributed by atoms with Gasteiger partial charge in [-0.15, -0.1) is 0 Å². The Labute approximate surface area is 206 Å². The van der Waals surface area contributed by atoms with Crippen LogP contribution in [-0.2, 0) is 14.3 Å². The lowest BCUT2D eigenvalue weighted by atomic mass is 9.69. The standard InChI is InChI=1S/C28H31ClN2O3/c1-16(2)34-28(33)25-17(3)30-23-14-20(18-6-10-21(29)11-7-18)15-24(32)27(23)26(25)19-8-12-22(13-9-19)31(4)5/h6-13,16,20,25-26H,14-15H2,1-5H3/t20-,25?,26+/m0/s1. The molecule has 2 aromatic rings. The van der Waals surface area contributed by atoms with Crippen molar-refractivity contribution in [2.24, 2.45) is 10.9 Å². The van der Waals surface area contributed by atoms with E-state index in [0.717, 1.165) is 22.5 Å². The molecule has 0 spiro atoms. The number of Topliss-reactive ketones (excluding diaryl/α,β-unsaturated/α-hetero) is 1. The van der Waals surface area contributed by atoms with Crippen molar-refractivity contribution in [2.45, 2.75) is 51.6 Å². The number of anilines is 1. The summed E-state index contributed by atoms with van der Waals surface area (Å²) in [6.07, 6.45) is 0.787. The van der Waals surface area contributed by atoms with E-state index in [4.69, 9.17) is 21.3 Å². The number of esters is 1. The normalized spacial score (nSPS) is 22.4. The number of ether oxygens (including phenoxy) is 1. The van der Waals surface area contributed by atoms with Gasteiger partial charge < -0.3 is 9.64 Å². The summed E-state index contributed by atoms with van der Waals surface area (Å²) in [6.45, 7) is 5.54. The quantitative estimate of drug-likeness (QED) is 0.499. The number of ketones is 1. The first kappa shape index (κ1) is 24.2. The van der Waals surface area contributed by atoms with E-state index in [1.165, 1.54) is 0 Å². The van der Waals surface area contributed by atoms with E-state index >= 15 is 0 Å². The van der Waals surface area contributed by atoms with Crippen molar-refractivity contribution in [1.82, 2.24) is 0 Å². The molecule has 2 aliphatic rings. The van der Waals surface area contributed by atoms with Crippen LogP contribution in [0.2, 0.25) is 5.02 Å². The van der Waals surface area contributed by atoms with Gasteiger partial charge in [-0.3, -0.25) is 14.6 Å². The molecule has 0 radical (unpaired) electrons. The third-order valence-corrected chi connectivity index (χ3v) is 6.86. The van der Waals surface area contributed by atoms with Crippen molar-refractivity contribution in [3.05, 3.63) is 76.0 Å². The fourth-order valence-corrected chi connectivity index (χ4v) is 5.11. The smallest absolute Gasteiger partial charge is 0.315 e. The van der Waals surface area contributed by atoms with Crippen LogP contribution in [0.4, 0.5) is 5.69 Å². The predicted molar refractivity (Wildman–Crippen MR) is 137 cm³/mol. The second-order valence-corrected chi connectivity index (χ2v) is 10.1. The lowest BCUT2D eigenvalue weighted by Crippen LogP contribution is -2.38. The van der Waals surface area contributed by atoms with Gasteiger partial charge in [0.1, 0.15) is 5.92 Å². The first-order valence-electron chi connectivity index (χ1n) is 11.7. The molecule has 5 nitrogen and oxygen atoms in total. The van der Waals surface area contributed by atoms with Crippen LogP contribution >= 0.6 is 11.6 Å². The first-order valence-corrected chi connectivity index (χ1v) is 12.1. The summed E-state index contributed by atoms with van der Waals surface area (Å²) >= 11 is 6.06. The zero-order valence-corrected chi connectivity index (χ0v) is 21.1. The van der Waals surface area contributed by atoms with Gasteiger partial charge in [0, 0.05) is 54.1 Å². The Balaban J connectivity index is 1.78. The van der Waals surface area contributed by atoms with E-state index in [-0.39, 0.29) is 23.8 Å². The van der Waals surface area contributed by atoms with Crippen LogP contribution in [-0.4, -0.2) is 37.7 Å². The number of allylic oxidation sites excluding steroid dienone is 2. The second-order valence-electron chi connectivity index (χ2n) is 9.62. The number of aliphatic imine (C=N–C) groups is 1. The third kappa shape index (κ3) is 4.80. The van der Waals surface area contributed by atoms with Crippen molar-refractivity contribution < 1.29 is 14.3 Å². The Morgan fingerprint density at radius 3 is 2.24 bits per heavy atom. The molecule has 4 rings (SSSR count). The van der Waals surface area contributed by atoms with E-state index in [2.05, 4.69) is 0 Å². The molecule has 2 aromatic carbocycles. The zero-order chi connectivity index (χ0) is 24.6. The fourth-order valence-electron chi connectivity index (χ4n) is 4.98. The lowest BCUT2D eigenvalue weighted by Gasteiger charge is -2.37. The molecule has 0 saturated heterocycles. The molecule has 0 N–H and O–H groups in total. The van der Waals surface area contributed by atoms with E-state index < -0.39 is 11.8 Å². The van der Waals surface area contributed by atoms with Gasteiger partial charge >= 0.3 is 5.97 Å². The topological polar surface area (TPSA) is 59.0 Å². The highest BCUT2D eigenvalue weighted by molar-refractivity contribution is 6.30. The minimum atomic E-state index is -0.623. The Kier molecular flexibility index (Phi) is 6.94. The summed E-state index contributed by atoms with van der Waals surface area (Å²) < 4.78 is 5.62. The highest BCUT2D eigenvalue weighted by Gasteiger charge is 2.44. The van der Waals surface area contributed by atoms with Crippen molar-refractivity contribution >= 4 is 34.8 Å².